The summed E-state index contributed by atoms with van der Waals surface area (Å²) in [6, 6.07) is 3.65. The Morgan fingerprint density at radius 3 is 2.50 bits per heavy atom. The molecule has 7 heteroatoms. The zero-order chi connectivity index (χ0) is 16.2. The first kappa shape index (κ1) is 16.9. The molecule has 1 aromatic carbocycles. The van der Waals surface area contributed by atoms with Crippen LogP contribution in [0.1, 0.15) is 11.6 Å². The van der Waals surface area contributed by atoms with Crippen LogP contribution in [0.3, 0.4) is 0 Å². The second-order valence-corrected chi connectivity index (χ2v) is 5.19. The van der Waals surface area contributed by atoms with Gasteiger partial charge in [-0.05, 0) is 6.07 Å². The summed E-state index contributed by atoms with van der Waals surface area (Å²) < 4.78 is 39.4. The second-order valence-electron chi connectivity index (χ2n) is 5.19. The van der Waals surface area contributed by atoms with Crippen molar-refractivity contribution in [1.82, 2.24) is 10.2 Å². The van der Waals surface area contributed by atoms with Crippen LogP contribution in [0.2, 0.25) is 0 Å². The zero-order valence-corrected chi connectivity index (χ0v) is 12.8. The number of nitrogens with one attached hydrogen (secondary N) is 1. The third kappa shape index (κ3) is 3.31. The minimum atomic E-state index is -3.28. The molecular formula is C15H22F2N2O3. The number of hydrogen-bond acceptors (Lipinski definition) is 5. The van der Waals surface area contributed by atoms with Crippen LogP contribution < -0.4 is 14.8 Å². The van der Waals surface area contributed by atoms with Gasteiger partial charge in [-0.3, -0.25) is 4.90 Å². The summed E-state index contributed by atoms with van der Waals surface area (Å²) in [6.45, 7) is 0.984. The van der Waals surface area contributed by atoms with Crippen LogP contribution in [-0.2, 0) is 0 Å². The fourth-order valence-electron chi connectivity index (χ4n) is 2.85. The van der Waals surface area contributed by atoms with Crippen molar-refractivity contribution in [3.8, 4) is 11.5 Å². The summed E-state index contributed by atoms with van der Waals surface area (Å²) in [5, 5.41) is 12.3. The van der Waals surface area contributed by atoms with Gasteiger partial charge in [-0.2, -0.15) is 0 Å². The van der Waals surface area contributed by atoms with Crippen molar-refractivity contribution in [1.29, 1.82) is 0 Å². The molecule has 0 aliphatic carbocycles. The molecule has 1 atom stereocenters. The van der Waals surface area contributed by atoms with Gasteiger partial charge in [0.25, 0.3) is 5.92 Å². The molecule has 5 nitrogen and oxygen atoms in total. The first-order valence-corrected chi connectivity index (χ1v) is 7.19. The average Bonchev–Trinajstić information content (AvgIpc) is 2.55. The molecule has 22 heavy (non-hydrogen) atoms. The highest BCUT2D eigenvalue weighted by Crippen LogP contribution is 2.43. The van der Waals surface area contributed by atoms with Crippen molar-refractivity contribution in [2.24, 2.45) is 0 Å². The van der Waals surface area contributed by atoms with Crippen molar-refractivity contribution in [2.45, 2.75) is 12.0 Å². The molecule has 124 valence electrons. The van der Waals surface area contributed by atoms with E-state index in [1.807, 2.05) is 0 Å². The first-order valence-electron chi connectivity index (χ1n) is 7.19. The van der Waals surface area contributed by atoms with E-state index in [0.29, 0.717) is 37.5 Å². The van der Waals surface area contributed by atoms with Crippen LogP contribution in [0.4, 0.5) is 8.78 Å². The smallest absolute Gasteiger partial charge is 0.290 e. The Morgan fingerprint density at radius 2 is 1.95 bits per heavy atom. The van der Waals surface area contributed by atoms with E-state index in [4.69, 9.17) is 9.47 Å². The molecule has 0 radical (unpaired) electrons. The number of alkyl halides is 2. The molecule has 0 unspecified atom stereocenters. The van der Waals surface area contributed by atoms with Gasteiger partial charge in [0.2, 0.25) is 0 Å². The average molecular weight is 316 g/mol. The lowest BCUT2D eigenvalue weighted by Gasteiger charge is -2.39. The number of rotatable bonds is 6. The second kappa shape index (κ2) is 7.21. The van der Waals surface area contributed by atoms with Gasteiger partial charge in [0.1, 0.15) is 12.6 Å². The lowest BCUT2D eigenvalue weighted by atomic mass is 9.96. The van der Waals surface area contributed by atoms with Gasteiger partial charge in [-0.25, -0.2) is 8.78 Å². The maximum Gasteiger partial charge on any atom is 0.290 e. The summed E-state index contributed by atoms with van der Waals surface area (Å²) in [7, 11) is 2.89. The molecule has 2 rings (SSSR count). The highest BCUT2D eigenvalue weighted by atomic mass is 19.3. The Morgan fingerprint density at radius 1 is 1.27 bits per heavy atom. The number of benzene rings is 1. The van der Waals surface area contributed by atoms with E-state index < -0.39 is 18.6 Å². The van der Waals surface area contributed by atoms with Crippen molar-refractivity contribution >= 4 is 0 Å². The maximum absolute atomic E-state index is 14.4. The van der Waals surface area contributed by atoms with Crippen molar-refractivity contribution < 1.29 is 23.4 Å². The molecular weight excluding hydrogens is 294 g/mol. The van der Waals surface area contributed by atoms with Crippen molar-refractivity contribution in [3.63, 3.8) is 0 Å². The first-order chi connectivity index (χ1) is 10.5. The Kier molecular flexibility index (Phi) is 5.55. The van der Waals surface area contributed by atoms with Crippen molar-refractivity contribution in [3.05, 3.63) is 23.8 Å². The molecule has 2 N–H and O–H groups in total. The Hall–Kier alpha value is -1.44. The number of ether oxygens (including phenoxy) is 2. The fraction of sp³-hybridized carbons (Fsp3) is 0.600. The number of piperazine rings is 1. The Bertz CT molecular complexity index is 494. The van der Waals surface area contributed by atoms with Crippen LogP contribution in [0.25, 0.3) is 0 Å². The topological polar surface area (TPSA) is 54.0 Å². The third-order valence-corrected chi connectivity index (χ3v) is 3.86. The SMILES string of the molecule is COc1cccc([C@@H](N2CCNCC2)C(F)(F)CO)c1OC. The van der Waals surface area contributed by atoms with Crippen LogP contribution in [-0.4, -0.2) is 62.9 Å². The number of nitrogens with zero attached hydrogens (tertiary/aromatic N) is 1. The summed E-state index contributed by atoms with van der Waals surface area (Å²) >= 11 is 0. The van der Waals surface area contributed by atoms with E-state index in [2.05, 4.69) is 5.32 Å². The molecule has 1 saturated heterocycles. The Labute approximate surface area is 128 Å². The van der Waals surface area contributed by atoms with Gasteiger partial charge in [0, 0.05) is 31.7 Å². The van der Waals surface area contributed by atoms with Gasteiger partial charge in [-0.15, -0.1) is 0 Å². The Balaban J connectivity index is 2.49. The number of aliphatic hydroxyl groups is 1. The van der Waals surface area contributed by atoms with Crippen LogP contribution in [0.5, 0.6) is 11.5 Å². The van der Waals surface area contributed by atoms with Crippen LogP contribution in [0, 0.1) is 0 Å². The van der Waals surface area contributed by atoms with Crippen LogP contribution in [0.15, 0.2) is 18.2 Å². The lowest BCUT2D eigenvalue weighted by molar-refractivity contribution is -0.119. The minimum Gasteiger partial charge on any atom is -0.493 e. The highest BCUT2D eigenvalue weighted by molar-refractivity contribution is 5.48. The number of aliphatic hydroxyl groups excluding tert-OH is 1. The fourth-order valence-corrected chi connectivity index (χ4v) is 2.85. The van der Waals surface area contributed by atoms with Gasteiger partial charge in [-0.1, -0.05) is 12.1 Å². The molecule has 0 saturated carbocycles. The summed E-state index contributed by atoms with van der Waals surface area (Å²) in [4.78, 5) is 1.67. The third-order valence-electron chi connectivity index (χ3n) is 3.86. The molecule has 0 aromatic heterocycles. The largest absolute Gasteiger partial charge is 0.493 e. The standard InChI is InChI=1S/C15H22F2N2O3/c1-21-12-5-3-4-11(13(12)22-2)14(15(16,17)10-20)19-8-6-18-7-9-19/h3-5,14,18,20H,6-10H2,1-2H3/t14-/m1/s1. The monoisotopic (exact) mass is 316 g/mol. The molecule has 0 amide bonds. The van der Waals surface area contributed by atoms with E-state index in [-0.39, 0.29) is 5.75 Å². The number of para-hydroxylation sites is 1. The van der Waals surface area contributed by atoms with Gasteiger partial charge >= 0.3 is 0 Å². The highest BCUT2D eigenvalue weighted by Gasteiger charge is 2.45. The van der Waals surface area contributed by atoms with E-state index in [1.165, 1.54) is 14.2 Å². The van der Waals surface area contributed by atoms with Gasteiger partial charge in [0.15, 0.2) is 11.5 Å². The van der Waals surface area contributed by atoms with E-state index in [9.17, 15) is 13.9 Å². The van der Waals surface area contributed by atoms with Crippen LogP contribution >= 0.6 is 0 Å². The summed E-state index contributed by atoms with van der Waals surface area (Å²) in [6.07, 6.45) is 0. The van der Waals surface area contributed by atoms with E-state index in [0.717, 1.165) is 0 Å². The normalized spacial score (nSPS) is 18.0. The molecule has 0 spiro atoms. The zero-order valence-electron chi connectivity index (χ0n) is 12.8. The maximum atomic E-state index is 14.4. The van der Waals surface area contributed by atoms with E-state index >= 15 is 0 Å². The minimum absolute atomic E-state index is 0.279. The molecule has 1 aliphatic heterocycles. The summed E-state index contributed by atoms with van der Waals surface area (Å²) in [5.41, 5.74) is 0.322. The van der Waals surface area contributed by atoms with Gasteiger partial charge < -0.3 is 19.9 Å². The molecule has 1 aromatic rings. The molecule has 1 fully saturated rings. The number of methoxy groups -OCH3 is 2. The predicted molar refractivity (Wildman–Crippen MR) is 78.8 cm³/mol. The summed E-state index contributed by atoms with van der Waals surface area (Å²) in [5.74, 6) is -2.60. The molecule has 1 aliphatic rings. The predicted octanol–water partition coefficient (Wildman–Crippen LogP) is 1.28. The molecule has 0 bridgehead atoms. The van der Waals surface area contributed by atoms with E-state index in [1.54, 1.807) is 23.1 Å². The lowest BCUT2D eigenvalue weighted by Crippen LogP contribution is -2.51. The van der Waals surface area contributed by atoms with Gasteiger partial charge in [0.05, 0.1) is 14.2 Å². The quantitative estimate of drug-likeness (QED) is 0.828. The van der Waals surface area contributed by atoms with Crippen molar-refractivity contribution in [2.75, 3.05) is 47.0 Å². The number of halogens is 2. The number of hydrogen-bond donors (Lipinski definition) is 2. The molecule has 1 heterocycles.